The summed E-state index contributed by atoms with van der Waals surface area (Å²) in [5.74, 6) is 0.790. The molecule has 1 saturated heterocycles. The van der Waals surface area contributed by atoms with E-state index in [9.17, 15) is 8.42 Å². The predicted molar refractivity (Wildman–Crippen MR) is 82.2 cm³/mol. The lowest BCUT2D eigenvalue weighted by Gasteiger charge is -2.20. The maximum absolute atomic E-state index is 11.2. The maximum atomic E-state index is 11.2. The molecule has 7 nitrogen and oxygen atoms in total. The molecule has 1 atom stereocenters. The maximum Gasteiger partial charge on any atom is 0.274 e. The number of hydrogen-bond donors (Lipinski definition) is 2. The third kappa shape index (κ3) is 3.31. The van der Waals surface area contributed by atoms with Gasteiger partial charge in [0.05, 0.1) is 0 Å². The van der Waals surface area contributed by atoms with Crippen LogP contribution in [0.3, 0.4) is 0 Å². The number of nitrogens with two attached hydrogens (primary N) is 1. The molecule has 114 valence electrons. The number of rotatable bonds is 3. The van der Waals surface area contributed by atoms with Gasteiger partial charge in [-0.05, 0) is 18.4 Å². The van der Waals surface area contributed by atoms with Crippen LogP contribution in [-0.2, 0) is 10.2 Å². The molecule has 2 heterocycles. The second-order valence-corrected chi connectivity index (χ2v) is 7.33. The second kappa shape index (κ2) is 5.48. The van der Waals surface area contributed by atoms with Gasteiger partial charge in [0.25, 0.3) is 10.2 Å². The Morgan fingerprint density at radius 1 is 1.57 bits per heavy atom. The summed E-state index contributed by atoms with van der Waals surface area (Å²) in [5.41, 5.74) is 2.53. The van der Waals surface area contributed by atoms with Crippen LogP contribution in [0.2, 0.25) is 0 Å². The average molecular weight is 327 g/mol. The predicted octanol–water partition coefficient (Wildman–Crippen LogP) is 0.435. The Morgan fingerprint density at radius 3 is 2.86 bits per heavy atom. The number of hydrogen-bond acceptors (Lipinski definition) is 5. The Kier molecular flexibility index (Phi) is 3.82. The number of likely N-dealkylation sites (tertiary alicyclic amines) is 1. The molecule has 1 aliphatic heterocycles. The number of amidine groups is 1. The van der Waals surface area contributed by atoms with Crippen molar-refractivity contribution in [3.05, 3.63) is 27.9 Å². The van der Waals surface area contributed by atoms with E-state index in [-0.39, 0.29) is 6.04 Å². The molecule has 1 aromatic heterocycles. The molecule has 2 fully saturated rings. The first kappa shape index (κ1) is 14.6. The summed E-state index contributed by atoms with van der Waals surface area (Å²) in [4.78, 5) is 10.7. The van der Waals surface area contributed by atoms with Crippen LogP contribution in [0, 0.1) is 0 Å². The molecule has 1 saturated carbocycles. The Bertz CT molecular complexity index is 687. The van der Waals surface area contributed by atoms with Crippen LogP contribution < -0.4 is 9.86 Å². The molecule has 2 aliphatic rings. The fourth-order valence-electron chi connectivity index (χ4n) is 2.62. The monoisotopic (exact) mass is 327 g/mol. The summed E-state index contributed by atoms with van der Waals surface area (Å²) in [7, 11) is -1.97. The highest BCUT2D eigenvalue weighted by molar-refractivity contribution is 7.87. The molecule has 3 rings (SSSR count). The number of thiazole rings is 1. The topological polar surface area (TPSA) is 101 Å². The summed E-state index contributed by atoms with van der Waals surface area (Å²) in [6.45, 7) is 0.529. The zero-order valence-corrected chi connectivity index (χ0v) is 13.2. The molecule has 9 heteroatoms. The van der Waals surface area contributed by atoms with Crippen LogP contribution in [-0.4, -0.2) is 43.8 Å². The largest absolute Gasteiger partial charge is 0.326 e. The van der Waals surface area contributed by atoms with Crippen molar-refractivity contribution in [2.24, 2.45) is 10.1 Å². The standard InChI is InChI=1S/C12H17N5O2S2/c1-14-11(12-15-4-5-20-12)17-7-9(16-21(13,18)19)6-10(17)8-2-3-8/h4-5,9,16H,2-3,6-7H2,1H3,(H2,13,18,19)/t9-/m0/s1. The highest BCUT2D eigenvalue weighted by Crippen LogP contribution is 2.39. The minimum absolute atomic E-state index is 0.222. The summed E-state index contributed by atoms with van der Waals surface area (Å²) in [6, 6.07) is -0.222. The van der Waals surface area contributed by atoms with Gasteiger partial charge in [0.1, 0.15) is 0 Å². The Labute approximate surface area is 127 Å². The van der Waals surface area contributed by atoms with Crippen LogP contribution in [0.25, 0.3) is 0 Å². The van der Waals surface area contributed by atoms with Crippen molar-refractivity contribution < 1.29 is 8.42 Å². The molecule has 0 bridgehead atoms. The molecule has 3 N–H and O–H groups in total. The van der Waals surface area contributed by atoms with E-state index in [1.165, 1.54) is 16.9 Å². The number of aliphatic imine (C=N–C) groups is 1. The van der Waals surface area contributed by atoms with Gasteiger partial charge >= 0.3 is 0 Å². The molecule has 21 heavy (non-hydrogen) atoms. The summed E-state index contributed by atoms with van der Waals surface area (Å²) >= 11 is 1.52. The number of allylic oxidation sites excluding steroid dienone is 1. The minimum atomic E-state index is -3.70. The van der Waals surface area contributed by atoms with Crippen molar-refractivity contribution >= 4 is 27.4 Å². The molecule has 0 amide bonds. The summed E-state index contributed by atoms with van der Waals surface area (Å²) in [6.07, 6.45) is 4.53. The van der Waals surface area contributed by atoms with Crippen molar-refractivity contribution in [2.45, 2.75) is 25.3 Å². The highest BCUT2D eigenvalue weighted by atomic mass is 32.2. The minimum Gasteiger partial charge on any atom is -0.326 e. The van der Waals surface area contributed by atoms with Gasteiger partial charge in [-0.3, -0.25) is 4.99 Å². The zero-order chi connectivity index (χ0) is 15.0. The quantitative estimate of drug-likeness (QED) is 0.621. The van der Waals surface area contributed by atoms with Gasteiger partial charge in [0.2, 0.25) is 0 Å². The summed E-state index contributed by atoms with van der Waals surface area (Å²) < 4.78 is 25.0. The van der Waals surface area contributed by atoms with Gasteiger partial charge < -0.3 is 4.90 Å². The molecule has 0 unspecified atom stereocenters. The fraction of sp³-hybridized carbons (Fsp3) is 0.500. The summed E-state index contributed by atoms with van der Waals surface area (Å²) in [5, 5.41) is 7.83. The number of nitrogens with one attached hydrogen (secondary N) is 1. The Balaban J connectivity index is 1.88. The van der Waals surface area contributed by atoms with E-state index in [1.807, 2.05) is 5.38 Å². The van der Waals surface area contributed by atoms with E-state index in [0.717, 1.165) is 29.4 Å². The normalized spacial score (nSPS) is 23.0. The van der Waals surface area contributed by atoms with E-state index in [0.29, 0.717) is 13.0 Å². The van der Waals surface area contributed by atoms with Crippen LogP contribution >= 0.6 is 11.3 Å². The average Bonchev–Trinajstić information content (AvgIpc) is 2.94. The highest BCUT2D eigenvalue weighted by Gasteiger charge is 2.36. The van der Waals surface area contributed by atoms with Gasteiger partial charge in [-0.25, -0.2) is 10.1 Å². The first-order chi connectivity index (χ1) is 9.98. The molecule has 1 aliphatic carbocycles. The molecular formula is C12H17N5O2S2. The van der Waals surface area contributed by atoms with Crippen LogP contribution in [0.4, 0.5) is 0 Å². The van der Waals surface area contributed by atoms with E-state index in [4.69, 9.17) is 5.14 Å². The van der Waals surface area contributed by atoms with Crippen molar-refractivity contribution in [3.63, 3.8) is 0 Å². The third-order valence-corrected chi connectivity index (χ3v) is 4.93. The number of nitrogens with zero attached hydrogens (tertiary/aromatic N) is 3. The SMILES string of the molecule is CN=C(c1nccs1)N1C[C@@H](NS(N)(=O)=O)CC1=C1CC1. The fourth-order valence-corrected chi connectivity index (χ4v) is 3.92. The zero-order valence-electron chi connectivity index (χ0n) is 11.6. The van der Waals surface area contributed by atoms with Crippen molar-refractivity contribution in [1.82, 2.24) is 14.6 Å². The van der Waals surface area contributed by atoms with Crippen LogP contribution in [0.1, 0.15) is 24.3 Å². The Hall–Kier alpha value is -1.29. The Morgan fingerprint density at radius 2 is 2.33 bits per heavy atom. The number of aromatic nitrogens is 1. The van der Waals surface area contributed by atoms with Gasteiger partial charge in [-0.15, -0.1) is 11.3 Å². The molecular weight excluding hydrogens is 310 g/mol. The molecule has 1 aromatic rings. The van der Waals surface area contributed by atoms with Crippen LogP contribution in [0.15, 0.2) is 27.8 Å². The lowest BCUT2D eigenvalue weighted by molar-refractivity contribution is 0.525. The molecule has 0 spiro atoms. The van der Waals surface area contributed by atoms with Gasteiger partial charge in [0.15, 0.2) is 10.8 Å². The molecule has 0 aromatic carbocycles. The first-order valence-electron chi connectivity index (χ1n) is 6.63. The smallest absolute Gasteiger partial charge is 0.274 e. The third-order valence-electron chi connectivity index (χ3n) is 3.50. The molecule has 0 radical (unpaired) electrons. The van der Waals surface area contributed by atoms with Crippen molar-refractivity contribution in [2.75, 3.05) is 13.6 Å². The van der Waals surface area contributed by atoms with E-state index in [2.05, 4.69) is 19.6 Å². The van der Waals surface area contributed by atoms with Crippen molar-refractivity contribution in [1.29, 1.82) is 0 Å². The van der Waals surface area contributed by atoms with E-state index < -0.39 is 10.2 Å². The lowest BCUT2D eigenvalue weighted by Crippen LogP contribution is -2.41. The lowest BCUT2D eigenvalue weighted by atomic mass is 10.2. The van der Waals surface area contributed by atoms with Gasteiger partial charge in [-0.1, -0.05) is 0 Å². The van der Waals surface area contributed by atoms with E-state index in [1.54, 1.807) is 13.2 Å². The van der Waals surface area contributed by atoms with E-state index >= 15 is 0 Å². The van der Waals surface area contributed by atoms with Crippen molar-refractivity contribution in [3.8, 4) is 0 Å². The van der Waals surface area contributed by atoms with Gasteiger partial charge in [0, 0.05) is 43.3 Å². The first-order valence-corrected chi connectivity index (χ1v) is 9.05. The second-order valence-electron chi connectivity index (χ2n) is 5.11. The van der Waals surface area contributed by atoms with Crippen LogP contribution in [0.5, 0.6) is 0 Å². The van der Waals surface area contributed by atoms with Gasteiger partial charge in [-0.2, -0.15) is 13.1 Å².